The number of aliphatic carboxylic acids is 1. The van der Waals surface area contributed by atoms with Gasteiger partial charge in [0.15, 0.2) is 0 Å². The summed E-state index contributed by atoms with van der Waals surface area (Å²) in [7, 11) is -3.94. The Labute approximate surface area is 207 Å². The number of aryl methyl sites for hydroxylation is 1. The van der Waals surface area contributed by atoms with Crippen LogP contribution in [-0.2, 0) is 21.2 Å². The van der Waals surface area contributed by atoms with Crippen molar-refractivity contribution in [1.29, 1.82) is 0 Å². The van der Waals surface area contributed by atoms with Crippen LogP contribution in [0.5, 0.6) is 0 Å². The number of hydrogen-bond acceptors (Lipinski definition) is 4. The minimum atomic E-state index is -3.94. The number of sulfonamides is 1. The summed E-state index contributed by atoms with van der Waals surface area (Å²) in [5, 5.41) is 9.57. The molecular formula is C28H32N2O4S. The van der Waals surface area contributed by atoms with Gasteiger partial charge in [-0.3, -0.25) is 4.79 Å². The highest BCUT2D eigenvalue weighted by atomic mass is 32.2. The molecule has 1 fully saturated rings. The van der Waals surface area contributed by atoms with Gasteiger partial charge in [0.05, 0.1) is 4.90 Å². The zero-order chi connectivity index (χ0) is 24.7. The van der Waals surface area contributed by atoms with E-state index in [1.807, 2.05) is 48.5 Å². The number of carbonyl (C=O) groups is 1. The van der Waals surface area contributed by atoms with E-state index in [9.17, 15) is 18.3 Å². The number of hydrogen-bond donors (Lipinski definition) is 2. The average molecular weight is 493 g/mol. The predicted octanol–water partition coefficient (Wildman–Crippen LogP) is 4.83. The second kappa shape index (κ2) is 11.5. The molecule has 1 unspecified atom stereocenters. The standard InChI is InChI=1S/C28H32N2O4S/c31-28(32)27(13-7-10-22-8-3-1-4-9-22)29-35(33,34)26-16-14-25(15-17-26)30-20-18-24(19-21-30)23-11-5-2-6-12-23/h1-6,8-9,11-12,14-17,24,27,29H,7,10,13,18-21H2,(H,31,32). The average Bonchev–Trinajstić information content (AvgIpc) is 2.89. The molecule has 0 radical (unpaired) electrons. The highest BCUT2D eigenvalue weighted by Gasteiger charge is 2.26. The summed E-state index contributed by atoms with van der Waals surface area (Å²) in [5.74, 6) is -0.620. The van der Waals surface area contributed by atoms with Crippen molar-refractivity contribution in [1.82, 2.24) is 4.72 Å². The zero-order valence-corrected chi connectivity index (χ0v) is 20.5. The smallest absolute Gasteiger partial charge is 0.321 e. The Morgan fingerprint density at radius 3 is 2.11 bits per heavy atom. The lowest BCUT2D eigenvalue weighted by Crippen LogP contribution is -2.40. The van der Waals surface area contributed by atoms with Crippen molar-refractivity contribution in [3.05, 3.63) is 96.1 Å². The van der Waals surface area contributed by atoms with Gasteiger partial charge in [-0.15, -0.1) is 0 Å². The minimum absolute atomic E-state index is 0.0785. The molecule has 7 heteroatoms. The van der Waals surface area contributed by atoms with Gasteiger partial charge < -0.3 is 10.0 Å². The molecule has 0 spiro atoms. The van der Waals surface area contributed by atoms with E-state index < -0.39 is 22.0 Å². The van der Waals surface area contributed by atoms with Gasteiger partial charge in [0.1, 0.15) is 6.04 Å². The molecule has 3 aromatic carbocycles. The summed E-state index contributed by atoms with van der Waals surface area (Å²) in [5.41, 5.74) is 3.45. The predicted molar refractivity (Wildman–Crippen MR) is 138 cm³/mol. The van der Waals surface area contributed by atoms with E-state index in [-0.39, 0.29) is 11.3 Å². The fourth-order valence-corrected chi connectivity index (χ4v) is 5.90. The van der Waals surface area contributed by atoms with E-state index in [0.717, 1.165) is 37.2 Å². The van der Waals surface area contributed by atoms with E-state index in [1.165, 1.54) is 5.56 Å². The molecule has 0 aliphatic carbocycles. The van der Waals surface area contributed by atoms with Crippen molar-refractivity contribution in [3.8, 4) is 0 Å². The summed E-state index contributed by atoms with van der Waals surface area (Å²) in [6.45, 7) is 1.82. The van der Waals surface area contributed by atoms with Crippen LogP contribution in [0.3, 0.4) is 0 Å². The number of piperidine rings is 1. The van der Waals surface area contributed by atoms with Crippen LogP contribution in [0.25, 0.3) is 0 Å². The van der Waals surface area contributed by atoms with Gasteiger partial charge in [-0.05, 0) is 73.4 Å². The molecule has 3 aromatic rings. The molecule has 1 aliphatic rings. The molecule has 1 heterocycles. The third-order valence-electron chi connectivity index (χ3n) is 6.67. The second-order valence-corrected chi connectivity index (χ2v) is 10.8. The third-order valence-corrected chi connectivity index (χ3v) is 8.16. The molecule has 0 aromatic heterocycles. The lowest BCUT2D eigenvalue weighted by Gasteiger charge is -2.34. The molecule has 1 saturated heterocycles. The molecule has 4 rings (SSSR count). The van der Waals surface area contributed by atoms with Crippen LogP contribution >= 0.6 is 0 Å². The van der Waals surface area contributed by atoms with Crippen molar-refractivity contribution >= 4 is 21.7 Å². The Morgan fingerprint density at radius 2 is 1.51 bits per heavy atom. The first-order valence-electron chi connectivity index (χ1n) is 12.1. The van der Waals surface area contributed by atoms with E-state index in [1.54, 1.807) is 12.1 Å². The number of carboxylic acids is 1. The van der Waals surface area contributed by atoms with Crippen LogP contribution in [0.15, 0.2) is 89.8 Å². The van der Waals surface area contributed by atoms with Gasteiger partial charge >= 0.3 is 5.97 Å². The number of anilines is 1. The zero-order valence-electron chi connectivity index (χ0n) is 19.7. The molecular weight excluding hydrogens is 460 g/mol. The number of benzene rings is 3. The van der Waals surface area contributed by atoms with Gasteiger partial charge in [0.2, 0.25) is 10.0 Å². The SMILES string of the molecule is O=C(O)C(CCCc1ccccc1)NS(=O)(=O)c1ccc(N2CCC(c3ccccc3)CC2)cc1. The van der Waals surface area contributed by atoms with Gasteiger partial charge in [0.25, 0.3) is 0 Å². The molecule has 0 amide bonds. The first-order valence-corrected chi connectivity index (χ1v) is 13.6. The van der Waals surface area contributed by atoms with Gasteiger partial charge in [-0.1, -0.05) is 60.7 Å². The van der Waals surface area contributed by atoms with Gasteiger partial charge in [0, 0.05) is 18.8 Å². The number of nitrogens with one attached hydrogen (secondary N) is 1. The van der Waals surface area contributed by atoms with Crippen molar-refractivity contribution < 1.29 is 18.3 Å². The Kier molecular flexibility index (Phi) is 8.21. The van der Waals surface area contributed by atoms with Crippen LogP contribution in [0, 0.1) is 0 Å². The third kappa shape index (κ3) is 6.71. The molecule has 184 valence electrons. The Hall–Kier alpha value is -3.16. The summed E-state index contributed by atoms with van der Waals surface area (Å²) in [6, 6.07) is 25.9. The van der Waals surface area contributed by atoms with Crippen LogP contribution < -0.4 is 9.62 Å². The largest absolute Gasteiger partial charge is 0.480 e. The van der Waals surface area contributed by atoms with Crippen LogP contribution in [0.2, 0.25) is 0 Å². The Balaban J connectivity index is 1.33. The van der Waals surface area contributed by atoms with E-state index in [2.05, 4.69) is 33.9 Å². The highest BCUT2D eigenvalue weighted by molar-refractivity contribution is 7.89. The normalized spacial score (nSPS) is 15.6. The van der Waals surface area contributed by atoms with E-state index in [4.69, 9.17) is 0 Å². The van der Waals surface area contributed by atoms with Crippen LogP contribution in [0.1, 0.15) is 42.7 Å². The molecule has 1 aliphatic heterocycles. The van der Waals surface area contributed by atoms with Crippen LogP contribution in [0.4, 0.5) is 5.69 Å². The second-order valence-electron chi connectivity index (χ2n) is 9.06. The highest BCUT2D eigenvalue weighted by Crippen LogP contribution is 2.30. The lowest BCUT2D eigenvalue weighted by atomic mass is 9.89. The van der Waals surface area contributed by atoms with Crippen molar-refractivity contribution in [3.63, 3.8) is 0 Å². The summed E-state index contributed by atoms with van der Waals surface area (Å²) in [6.07, 6.45) is 3.59. The van der Waals surface area contributed by atoms with Crippen LogP contribution in [-0.4, -0.2) is 38.6 Å². The summed E-state index contributed by atoms with van der Waals surface area (Å²) in [4.78, 5) is 14.1. The fraction of sp³-hybridized carbons (Fsp3) is 0.321. The lowest BCUT2D eigenvalue weighted by molar-refractivity contribution is -0.139. The molecule has 6 nitrogen and oxygen atoms in total. The maximum atomic E-state index is 12.9. The maximum absolute atomic E-state index is 12.9. The molecule has 2 N–H and O–H groups in total. The maximum Gasteiger partial charge on any atom is 0.321 e. The first-order chi connectivity index (χ1) is 16.9. The first kappa shape index (κ1) is 24.9. The van der Waals surface area contributed by atoms with Gasteiger partial charge in [-0.25, -0.2) is 8.42 Å². The minimum Gasteiger partial charge on any atom is -0.480 e. The van der Waals surface area contributed by atoms with Crippen molar-refractivity contribution in [2.75, 3.05) is 18.0 Å². The van der Waals surface area contributed by atoms with E-state index in [0.29, 0.717) is 18.8 Å². The summed E-state index contributed by atoms with van der Waals surface area (Å²) < 4.78 is 28.1. The van der Waals surface area contributed by atoms with E-state index >= 15 is 0 Å². The van der Waals surface area contributed by atoms with Crippen molar-refractivity contribution in [2.24, 2.45) is 0 Å². The van der Waals surface area contributed by atoms with Crippen molar-refractivity contribution in [2.45, 2.75) is 49.0 Å². The topological polar surface area (TPSA) is 86.7 Å². The monoisotopic (exact) mass is 492 g/mol. The molecule has 35 heavy (non-hydrogen) atoms. The quantitative estimate of drug-likeness (QED) is 0.424. The number of nitrogens with zero attached hydrogens (tertiary/aromatic N) is 1. The molecule has 0 bridgehead atoms. The number of carboxylic acid groups (broad SMARTS) is 1. The number of rotatable bonds is 10. The fourth-order valence-electron chi connectivity index (χ4n) is 4.68. The molecule has 1 atom stereocenters. The Morgan fingerprint density at radius 1 is 0.914 bits per heavy atom. The van der Waals surface area contributed by atoms with Gasteiger partial charge in [-0.2, -0.15) is 4.72 Å². The Bertz CT molecular complexity index is 1190. The summed E-state index contributed by atoms with van der Waals surface area (Å²) >= 11 is 0. The molecule has 0 saturated carbocycles.